The molecular formula is C14H15FN4O2. The molecule has 2 N–H and O–H groups in total. The number of halogens is 1. The van der Waals surface area contributed by atoms with E-state index < -0.39 is 5.82 Å². The molecule has 21 heavy (non-hydrogen) atoms. The zero-order chi connectivity index (χ0) is 14.7. The van der Waals surface area contributed by atoms with Crippen LogP contribution in [0.4, 0.5) is 21.8 Å². The van der Waals surface area contributed by atoms with Crippen molar-refractivity contribution in [3.8, 4) is 11.5 Å². The molecule has 6 nitrogen and oxygen atoms in total. The normalized spacial score (nSPS) is 13.4. The molecule has 0 saturated carbocycles. The second-order valence-electron chi connectivity index (χ2n) is 4.48. The third-order valence-corrected chi connectivity index (χ3v) is 2.98. The van der Waals surface area contributed by atoms with Crippen LogP contribution in [-0.2, 0) is 0 Å². The molecule has 3 rings (SSSR count). The number of nitrogens with zero attached hydrogens (tertiary/aromatic N) is 2. The molecule has 0 amide bonds. The highest BCUT2D eigenvalue weighted by Crippen LogP contribution is 2.33. The van der Waals surface area contributed by atoms with Crippen molar-refractivity contribution in [1.82, 2.24) is 9.97 Å². The minimum absolute atomic E-state index is 0.101. The molecule has 1 aliphatic heterocycles. The van der Waals surface area contributed by atoms with Crippen molar-refractivity contribution in [2.45, 2.75) is 6.42 Å². The smallest absolute Gasteiger partial charge is 0.224 e. The standard InChI is InChI=1S/C14H15FN4O2/c1-16-14-17-8-10(15)13(19-14)18-9-3-4-11-12(7-9)21-6-2-5-20-11/h3-4,7-8H,2,5-6H2,1H3,(H2,16,17,18,19). The number of nitrogens with one attached hydrogen (secondary N) is 2. The van der Waals surface area contributed by atoms with Gasteiger partial charge in [-0.25, -0.2) is 9.37 Å². The maximum atomic E-state index is 13.7. The average molecular weight is 290 g/mol. The van der Waals surface area contributed by atoms with E-state index in [9.17, 15) is 4.39 Å². The number of aromatic nitrogens is 2. The highest BCUT2D eigenvalue weighted by molar-refractivity contribution is 5.62. The van der Waals surface area contributed by atoms with Gasteiger partial charge in [0, 0.05) is 25.2 Å². The fourth-order valence-electron chi connectivity index (χ4n) is 1.95. The van der Waals surface area contributed by atoms with Gasteiger partial charge >= 0.3 is 0 Å². The highest BCUT2D eigenvalue weighted by Gasteiger charge is 2.12. The minimum atomic E-state index is -0.527. The van der Waals surface area contributed by atoms with Crippen molar-refractivity contribution in [1.29, 1.82) is 0 Å². The Morgan fingerprint density at radius 2 is 2.00 bits per heavy atom. The van der Waals surface area contributed by atoms with E-state index in [1.807, 2.05) is 0 Å². The Balaban J connectivity index is 1.86. The number of hydrogen-bond acceptors (Lipinski definition) is 6. The summed E-state index contributed by atoms with van der Waals surface area (Å²) in [5.74, 6) is 1.25. The monoisotopic (exact) mass is 290 g/mol. The zero-order valence-electron chi connectivity index (χ0n) is 11.5. The Hall–Kier alpha value is -2.57. The Kier molecular flexibility index (Phi) is 3.72. The van der Waals surface area contributed by atoms with Gasteiger partial charge in [-0.15, -0.1) is 0 Å². The van der Waals surface area contributed by atoms with Gasteiger partial charge in [0.15, 0.2) is 23.1 Å². The summed E-state index contributed by atoms with van der Waals surface area (Å²) in [5, 5.41) is 5.68. The van der Waals surface area contributed by atoms with Gasteiger partial charge in [-0.2, -0.15) is 4.98 Å². The van der Waals surface area contributed by atoms with Gasteiger partial charge < -0.3 is 20.1 Å². The average Bonchev–Trinajstić information content (AvgIpc) is 2.74. The molecule has 2 aromatic rings. The van der Waals surface area contributed by atoms with Crippen molar-refractivity contribution >= 4 is 17.5 Å². The number of anilines is 3. The van der Waals surface area contributed by atoms with Crippen molar-refractivity contribution < 1.29 is 13.9 Å². The summed E-state index contributed by atoms with van der Waals surface area (Å²) in [5.41, 5.74) is 0.666. The van der Waals surface area contributed by atoms with Crippen molar-refractivity contribution in [3.05, 3.63) is 30.2 Å². The van der Waals surface area contributed by atoms with Gasteiger partial charge in [-0.05, 0) is 12.1 Å². The number of benzene rings is 1. The summed E-state index contributed by atoms with van der Waals surface area (Å²) in [6, 6.07) is 5.34. The van der Waals surface area contributed by atoms with E-state index in [1.165, 1.54) is 0 Å². The Labute approximate surface area is 121 Å². The van der Waals surface area contributed by atoms with Gasteiger partial charge in [0.1, 0.15) is 0 Å². The van der Waals surface area contributed by atoms with Gasteiger partial charge in [0.05, 0.1) is 19.4 Å². The summed E-state index contributed by atoms with van der Waals surface area (Å²) >= 11 is 0. The molecule has 2 heterocycles. The van der Waals surface area contributed by atoms with Crippen molar-refractivity contribution in [2.24, 2.45) is 0 Å². The lowest BCUT2D eigenvalue weighted by Crippen LogP contribution is -2.03. The second kappa shape index (κ2) is 5.82. The molecule has 0 atom stereocenters. The fraction of sp³-hybridized carbons (Fsp3) is 0.286. The molecule has 0 spiro atoms. The summed E-state index contributed by atoms with van der Waals surface area (Å²) in [6.07, 6.45) is 1.95. The minimum Gasteiger partial charge on any atom is -0.490 e. The largest absolute Gasteiger partial charge is 0.490 e. The summed E-state index contributed by atoms with van der Waals surface area (Å²) < 4.78 is 24.9. The van der Waals surface area contributed by atoms with E-state index in [4.69, 9.17) is 9.47 Å². The Morgan fingerprint density at radius 3 is 2.81 bits per heavy atom. The van der Waals surface area contributed by atoms with E-state index in [2.05, 4.69) is 20.6 Å². The molecule has 0 bridgehead atoms. The molecule has 0 saturated heterocycles. The predicted octanol–water partition coefficient (Wildman–Crippen LogP) is 2.56. The third kappa shape index (κ3) is 2.96. The van der Waals surface area contributed by atoms with Crippen molar-refractivity contribution in [3.63, 3.8) is 0 Å². The molecule has 0 aliphatic carbocycles. The van der Waals surface area contributed by atoms with E-state index >= 15 is 0 Å². The van der Waals surface area contributed by atoms with Gasteiger partial charge in [-0.3, -0.25) is 0 Å². The number of hydrogen-bond donors (Lipinski definition) is 2. The zero-order valence-corrected chi connectivity index (χ0v) is 11.5. The lowest BCUT2D eigenvalue weighted by Gasteiger charge is -2.11. The fourth-order valence-corrected chi connectivity index (χ4v) is 1.95. The summed E-state index contributed by atoms with van der Waals surface area (Å²) in [4.78, 5) is 7.84. The molecule has 1 aromatic heterocycles. The van der Waals surface area contributed by atoms with E-state index in [0.29, 0.717) is 36.3 Å². The highest BCUT2D eigenvalue weighted by atomic mass is 19.1. The van der Waals surface area contributed by atoms with Gasteiger partial charge in [0.2, 0.25) is 5.95 Å². The Bertz CT molecular complexity index is 651. The topological polar surface area (TPSA) is 68.3 Å². The third-order valence-electron chi connectivity index (χ3n) is 2.98. The first-order chi connectivity index (χ1) is 10.3. The molecule has 0 unspecified atom stereocenters. The number of ether oxygens (including phenoxy) is 2. The van der Waals surface area contributed by atoms with Gasteiger partial charge in [-0.1, -0.05) is 0 Å². The number of rotatable bonds is 3. The SMILES string of the molecule is CNc1ncc(F)c(Nc2ccc3c(c2)OCCCO3)n1. The lowest BCUT2D eigenvalue weighted by atomic mass is 10.2. The first kappa shape index (κ1) is 13.4. The summed E-state index contributed by atoms with van der Waals surface area (Å²) in [6.45, 7) is 1.23. The number of fused-ring (bicyclic) bond motifs is 1. The van der Waals surface area contributed by atoms with Crippen LogP contribution in [0.3, 0.4) is 0 Å². The van der Waals surface area contributed by atoms with Crippen LogP contribution in [0.2, 0.25) is 0 Å². The van der Waals surface area contributed by atoms with E-state index in [-0.39, 0.29) is 5.82 Å². The molecule has 0 fully saturated rings. The maximum Gasteiger partial charge on any atom is 0.224 e. The van der Waals surface area contributed by atoms with Crippen LogP contribution >= 0.6 is 0 Å². The van der Waals surface area contributed by atoms with Crippen LogP contribution in [0.15, 0.2) is 24.4 Å². The molecule has 1 aromatic carbocycles. The van der Waals surface area contributed by atoms with Crippen molar-refractivity contribution in [2.75, 3.05) is 30.9 Å². The quantitative estimate of drug-likeness (QED) is 0.905. The maximum absolute atomic E-state index is 13.7. The van der Waals surface area contributed by atoms with Crippen LogP contribution in [0.1, 0.15) is 6.42 Å². The molecule has 110 valence electrons. The van der Waals surface area contributed by atoms with Crippen LogP contribution in [0.25, 0.3) is 0 Å². The second-order valence-corrected chi connectivity index (χ2v) is 4.48. The summed E-state index contributed by atoms with van der Waals surface area (Å²) in [7, 11) is 1.67. The van der Waals surface area contributed by atoms with Crippen LogP contribution in [-0.4, -0.2) is 30.2 Å². The van der Waals surface area contributed by atoms with Gasteiger partial charge in [0.25, 0.3) is 0 Å². The molecule has 7 heteroatoms. The van der Waals surface area contributed by atoms with Crippen LogP contribution < -0.4 is 20.1 Å². The van der Waals surface area contributed by atoms with Crippen LogP contribution in [0, 0.1) is 5.82 Å². The van der Waals surface area contributed by atoms with Crippen LogP contribution in [0.5, 0.6) is 11.5 Å². The van der Waals surface area contributed by atoms with E-state index in [1.54, 1.807) is 25.2 Å². The molecule has 1 aliphatic rings. The lowest BCUT2D eigenvalue weighted by molar-refractivity contribution is 0.297. The molecular weight excluding hydrogens is 275 g/mol. The Morgan fingerprint density at radius 1 is 1.19 bits per heavy atom. The first-order valence-electron chi connectivity index (χ1n) is 6.63. The van der Waals surface area contributed by atoms with E-state index in [0.717, 1.165) is 12.6 Å². The molecule has 0 radical (unpaired) electrons. The first-order valence-corrected chi connectivity index (χ1v) is 6.63. The predicted molar refractivity (Wildman–Crippen MR) is 76.9 cm³/mol.